The van der Waals surface area contributed by atoms with Crippen molar-refractivity contribution in [2.45, 2.75) is 6.04 Å². The normalized spacial score (nSPS) is 16.5. The molecule has 1 aliphatic rings. The Kier molecular flexibility index (Phi) is 4.85. The van der Waals surface area contributed by atoms with Crippen molar-refractivity contribution >= 4 is 61.3 Å². The number of ketones is 1. The van der Waals surface area contributed by atoms with Crippen molar-refractivity contribution in [3.8, 4) is 0 Å². The third-order valence-electron chi connectivity index (χ3n) is 4.91. The maximum absolute atomic E-state index is 13.7. The highest BCUT2D eigenvalue weighted by Gasteiger charge is 2.46. The predicted molar refractivity (Wildman–Crippen MR) is 120 cm³/mol. The first-order valence-electron chi connectivity index (χ1n) is 9.10. The number of Topliss-reactive ketones (excluding diaryl/α,β-unsaturated/α-hetero) is 1. The number of hydrogen-bond acceptors (Lipinski definition) is 6. The van der Waals surface area contributed by atoms with Crippen molar-refractivity contribution in [1.82, 2.24) is 4.98 Å². The minimum Gasteiger partial charge on any atom is -0.503 e. The van der Waals surface area contributed by atoms with Crippen LogP contribution in [0.5, 0.6) is 0 Å². The van der Waals surface area contributed by atoms with Crippen LogP contribution in [0.2, 0.25) is 5.02 Å². The maximum Gasteiger partial charge on any atom is 0.296 e. The standard InChI is InChI=1S/C22H12ClFN2O3S2/c23-12-4-1-3-11(9-12)18-17(19(27)15-5-2-8-30-15)20(28)21(29)26(18)22-25-14-7-6-13(24)10-16(14)31-22/h1-10,18,28H/t18-/m1/s1. The topological polar surface area (TPSA) is 70.5 Å². The first kappa shape index (κ1) is 19.9. The molecule has 0 unspecified atom stereocenters. The van der Waals surface area contributed by atoms with Gasteiger partial charge in [0, 0.05) is 5.02 Å². The molecule has 0 spiro atoms. The van der Waals surface area contributed by atoms with E-state index in [1.807, 2.05) is 0 Å². The lowest BCUT2D eigenvalue weighted by molar-refractivity contribution is -0.117. The fourth-order valence-electron chi connectivity index (χ4n) is 3.56. The van der Waals surface area contributed by atoms with Crippen molar-refractivity contribution < 1.29 is 19.1 Å². The predicted octanol–water partition coefficient (Wildman–Crippen LogP) is 5.93. The van der Waals surface area contributed by atoms with Crippen LogP contribution >= 0.6 is 34.3 Å². The van der Waals surface area contributed by atoms with Crippen LogP contribution in [0.15, 0.2) is 71.3 Å². The molecule has 0 radical (unpaired) electrons. The summed E-state index contributed by atoms with van der Waals surface area (Å²) in [6, 6.07) is 13.3. The highest BCUT2D eigenvalue weighted by Crippen LogP contribution is 2.44. The van der Waals surface area contributed by atoms with Crippen molar-refractivity contribution in [1.29, 1.82) is 0 Å². The highest BCUT2D eigenvalue weighted by atomic mass is 35.5. The Hall–Kier alpha value is -3.07. The van der Waals surface area contributed by atoms with Gasteiger partial charge in [-0.1, -0.05) is 41.1 Å². The lowest BCUT2D eigenvalue weighted by Gasteiger charge is -2.24. The summed E-state index contributed by atoms with van der Waals surface area (Å²) in [5.41, 5.74) is 1.02. The van der Waals surface area contributed by atoms with Crippen LogP contribution in [0.1, 0.15) is 21.3 Å². The van der Waals surface area contributed by atoms with Gasteiger partial charge >= 0.3 is 0 Å². The Morgan fingerprint density at radius 1 is 1.16 bits per heavy atom. The van der Waals surface area contributed by atoms with Gasteiger partial charge in [0.1, 0.15) is 5.82 Å². The number of rotatable bonds is 4. The third kappa shape index (κ3) is 3.33. The number of thiophene rings is 1. The summed E-state index contributed by atoms with van der Waals surface area (Å²) in [6.07, 6.45) is 0. The number of aromatic nitrogens is 1. The molecule has 0 fully saturated rings. The number of hydrogen-bond donors (Lipinski definition) is 1. The summed E-state index contributed by atoms with van der Waals surface area (Å²) in [7, 11) is 0. The molecule has 31 heavy (non-hydrogen) atoms. The van der Waals surface area contributed by atoms with E-state index in [1.54, 1.807) is 41.8 Å². The molecule has 1 amide bonds. The van der Waals surface area contributed by atoms with E-state index >= 15 is 0 Å². The van der Waals surface area contributed by atoms with Crippen molar-refractivity contribution in [2.24, 2.45) is 0 Å². The first-order chi connectivity index (χ1) is 14.9. The molecule has 1 atom stereocenters. The number of amides is 1. The molecule has 0 aliphatic carbocycles. The van der Waals surface area contributed by atoms with E-state index < -0.39 is 29.3 Å². The number of benzene rings is 2. The molecule has 0 bridgehead atoms. The molecular formula is C22H12ClFN2O3S2. The van der Waals surface area contributed by atoms with E-state index in [0.29, 0.717) is 25.7 Å². The Morgan fingerprint density at radius 2 is 2.00 bits per heavy atom. The molecular weight excluding hydrogens is 459 g/mol. The summed E-state index contributed by atoms with van der Waals surface area (Å²) in [4.78, 5) is 32.5. The zero-order valence-electron chi connectivity index (χ0n) is 15.6. The number of aliphatic hydroxyl groups excluding tert-OH is 1. The average molecular weight is 471 g/mol. The van der Waals surface area contributed by atoms with Gasteiger partial charge in [-0.25, -0.2) is 9.37 Å². The van der Waals surface area contributed by atoms with E-state index in [2.05, 4.69) is 4.98 Å². The van der Waals surface area contributed by atoms with Crippen LogP contribution in [0.3, 0.4) is 0 Å². The van der Waals surface area contributed by atoms with E-state index in [-0.39, 0.29) is 10.7 Å². The number of halogens is 2. The van der Waals surface area contributed by atoms with Crippen LogP contribution in [-0.4, -0.2) is 21.8 Å². The molecule has 1 N–H and O–H groups in total. The van der Waals surface area contributed by atoms with E-state index in [4.69, 9.17) is 11.6 Å². The summed E-state index contributed by atoms with van der Waals surface area (Å²) in [5, 5.41) is 13.1. The largest absolute Gasteiger partial charge is 0.503 e. The number of aliphatic hydroxyl groups is 1. The van der Waals surface area contributed by atoms with Crippen LogP contribution in [0.4, 0.5) is 9.52 Å². The van der Waals surface area contributed by atoms with Crippen LogP contribution < -0.4 is 4.90 Å². The quantitative estimate of drug-likeness (QED) is 0.375. The molecule has 2 aromatic heterocycles. The second-order valence-electron chi connectivity index (χ2n) is 6.81. The number of carbonyl (C=O) groups excluding carboxylic acids is 2. The molecule has 5 nitrogen and oxygen atoms in total. The lowest BCUT2D eigenvalue weighted by atomic mass is 9.95. The minimum atomic E-state index is -0.925. The van der Waals surface area contributed by atoms with E-state index in [0.717, 1.165) is 11.3 Å². The van der Waals surface area contributed by atoms with Gasteiger partial charge in [0.2, 0.25) is 5.78 Å². The van der Waals surface area contributed by atoms with Gasteiger partial charge in [-0.2, -0.15) is 0 Å². The second-order valence-corrected chi connectivity index (χ2v) is 9.20. The Morgan fingerprint density at radius 3 is 2.74 bits per heavy atom. The Bertz CT molecular complexity index is 1380. The van der Waals surface area contributed by atoms with Gasteiger partial charge in [-0.3, -0.25) is 14.5 Å². The zero-order valence-corrected chi connectivity index (χ0v) is 18.0. The third-order valence-corrected chi connectivity index (χ3v) is 7.03. The van der Waals surface area contributed by atoms with Gasteiger partial charge in [-0.15, -0.1) is 11.3 Å². The molecule has 0 saturated carbocycles. The number of thiazole rings is 1. The Balaban J connectivity index is 1.70. The van der Waals surface area contributed by atoms with E-state index in [1.165, 1.54) is 34.4 Å². The molecule has 5 rings (SSSR count). The number of carbonyl (C=O) groups is 2. The average Bonchev–Trinajstić information content (AvgIpc) is 3.46. The lowest BCUT2D eigenvalue weighted by Crippen LogP contribution is -2.30. The smallest absolute Gasteiger partial charge is 0.296 e. The van der Waals surface area contributed by atoms with Crippen LogP contribution in [0.25, 0.3) is 10.2 Å². The van der Waals surface area contributed by atoms with Crippen molar-refractivity contribution in [3.63, 3.8) is 0 Å². The highest BCUT2D eigenvalue weighted by molar-refractivity contribution is 7.22. The molecule has 9 heteroatoms. The first-order valence-corrected chi connectivity index (χ1v) is 11.2. The van der Waals surface area contributed by atoms with Crippen LogP contribution in [0, 0.1) is 5.82 Å². The summed E-state index contributed by atoms with van der Waals surface area (Å²) in [6.45, 7) is 0. The van der Waals surface area contributed by atoms with Gasteiger partial charge < -0.3 is 5.11 Å². The summed E-state index contributed by atoms with van der Waals surface area (Å²) < 4.78 is 14.2. The monoisotopic (exact) mass is 470 g/mol. The van der Waals surface area contributed by atoms with Crippen molar-refractivity contribution in [2.75, 3.05) is 4.90 Å². The zero-order chi connectivity index (χ0) is 21.7. The maximum atomic E-state index is 13.7. The molecule has 2 aromatic carbocycles. The SMILES string of the molecule is O=C(C1=C(O)C(=O)N(c2nc3ccc(F)cc3s2)[C@@H]1c1cccc(Cl)c1)c1cccs1. The molecule has 154 valence electrons. The Labute approximate surface area is 188 Å². The summed E-state index contributed by atoms with van der Waals surface area (Å²) in [5.74, 6) is -2.24. The molecule has 3 heterocycles. The van der Waals surface area contributed by atoms with Gasteiger partial charge in [-0.05, 0) is 47.3 Å². The number of fused-ring (bicyclic) bond motifs is 1. The van der Waals surface area contributed by atoms with Crippen molar-refractivity contribution in [3.05, 3.63) is 92.6 Å². The van der Waals surface area contributed by atoms with Gasteiger partial charge in [0.05, 0.1) is 26.7 Å². The fourth-order valence-corrected chi connectivity index (χ4v) is 5.45. The molecule has 1 aliphatic heterocycles. The van der Waals surface area contributed by atoms with E-state index in [9.17, 15) is 19.1 Å². The van der Waals surface area contributed by atoms with Gasteiger partial charge in [0.25, 0.3) is 5.91 Å². The summed E-state index contributed by atoms with van der Waals surface area (Å²) >= 11 is 8.50. The number of nitrogens with zero attached hydrogens (tertiary/aromatic N) is 2. The van der Waals surface area contributed by atoms with Crippen LogP contribution in [-0.2, 0) is 4.79 Å². The fraction of sp³-hybridized carbons (Fsp3) is 0.0455. The minimum absolute atomic E-state index is 0.0415. The number of anilines is 1. The van der Waals surface area contributed by atoms with Gasteiger partial charge in [0.15, 0.2) is 10.9 Å². The molecule has 4 aromatic rings. The second kappa shape index (κ2) is 7.56. The molecule has 0 saturated heterocycles.